The lowest BCUT2D eigenvalue weighted by molar-refractivity contribution is -0.137. The van der Waals surface area contributed by atoms with E-state index in [0.29, 0.717) is 6.42 Å². The molecule has 0 radical (unpaired) electrons. The van der Waals surface area contributed by atoms with Gasteiger partial charge in [0, 0.05) is 25.6 Å². The van der Waals surface area contributed by atoms with Crippen LogP contribution in [0.15, 0.2) is 0 Å². The highest BCUT2D eigenvalue weighted by molar-refractivity contribution is 5.74. The number of aliphatic carboxylic acids is 1. The molecule has 2 amide bonds. The zero-order chi connectivity index (χ0) is 13.4. The van der Waals surface area contributed by atoms with Gasteiger partial charge in [0.1, 0.15) is 0 Å². The zero-order valence-electron chi connectivity index (χ0n) is 11.2. The number of hydrogen-bond donors (Lipinski definition) is 2. The van der Waals surface area contributed by atoms with E-state index in [1.807, 2.05) is 20.8 Å². The highest BCUT2D eigenvalue weighted by Gasteiger charge is 2.18. The van der Waals surface area contributed by atoms with E-state index in [4.69, 9.17) is 5.11 Å². The Morgan fingerprint density at radius 2 is 1.82 bits per heavy atom. The van der Waals surface area contributed by atoms with Crippen LogP contribution in [0.4, 0.5) is 4.79 Å². The van der Waals surface area contributed by atoms with Crippen LogP contribution in [0, 0.1) is 0 Å². The van der Waals surface area contributed by atoms with Crippen molar-refractivity contribution in [1.29, 1.82) is 0 Å². The summed E-state index contributed by atoms with van der Waals surface area (Å²) in [6.45, 7) is 5.92. The van der Waals surface area contributed by atoms with Crippen molar-refractivity contribution < 1.29 is 14.7 Å². The second-order valence-electron chi connectivity index (χ2n) is 4.36. The van der Waals surface area contributed by atoms with Gasteiger partial charge in [-0.05, 0) is 26.2 Å². The first kappa shape index (κ1) is 15.7. The third-order valence-electron chi connectivity index (χ3n) is 2.97. The molecule has 17 heavy (non-hydrogen) atoms. The van der Waals surface area contributed by atoms with Gasteiger partial charge in [0.2, 0.25) is 0 Å². The molecule has 0 saturated carbocycles. The molecule has 0 aromatic carbocycles. The molecule has 0 fully saturated rings. The minimum atomic E-state index is -0.834. The summed E-state index contributed by atoms with van der Waals surface area (Å²) in [4.78, 5) is 23.9. The van der Waals surface area contributed by atoms with Crippen molar-refractivity contribution in [3.05, 3.63) is 0 Å². The number of urea groups is 1. The number of amides is 2. The number of carboxylic acids is 1. The number of carbonyl (C=O) groups excluding carboxylic acids is 1. The molecule has 0 aliphatic rings. The number of carboxylic acid groups (broad SMARTS) is 1. The lowest BCUT2D eigenvalue weighted by Crippen LogP contribution is -2.46. The van der Waals surface area contributed by atoms with Gasteiger partial charge in [-0.2, -0.15) is 0 Å². The monoisotopic (exact) mass is 244 g/mol. The van der Waals surface area contributed by atoms with Gasteiger partial charge in [-0.15, -0.1) is 0 Å². The molecular formula is C12H24N2O3. The SMILES string of the molecule is CCC(CC)N(C)C(=O)NC(C)CCC(=O)O. The Morgan fingerprint density at radius 3 is 2.24 bits per heavy atom. The van der Waals surface area contributed by atoms with Gasteiger partial charge in [-0.25, -0.2) is 4.79 Å². The van der Waals surface area contributed by atoms with Crippen molar-refractivity contribution >= 4 is 12.0 Å². The number of nitrogens with zero attached hydrogens (tertiary/aromatic N) is 1. The largest absolute Gasteiger partial charge is 0.481 e. The van der Waals surface area contributed by atoms with E-state index < -0.39 is 5.97 Å². The zero-order valence-corrected chi connectivity index (χ0v) is 11.2. The van der Waals surface area contributed by atoms with E-state index in [9.17, 15) is 9.59 Å². The van der Waals surface area contributed by atoms with Crippen molar-refractivity contribution in [3.8, 4) is 0 Å². The summed E-state index contributed by atoms with van der Waals surface area (Å²) < 4.78 is 0. The molecule has 1 unspecified atom stereocenters. The summed E-state index contributed by atoms with van der Waals surface area (Å²) in [7, 11) is 1.77. The normalized spacial score (nSPS) is 12.3. The van der Waals surface area contributed by atoms with Crippen LogP contribution >= 0.6 is 0 Å². The molecule has 5 nitrogen and oxygen atoms in total. The lowest BCUT2D eigenvalue weighted by Gasteiger charge is -2.28. The molecule has 0 aromatic heterocycles. The molecule has 0 aromatic rings. The molecule has 0 aliphatic heterocycles. The first-order valence-corrected chi connectivity index (χ1v) is 6.17. The lowest BCUT2D eigenvalue weighted by atomic mass is 10.1. The standard InChI is InChI=1S/C12H24N2O3/c1-5-10(6-2)14(4)12(17)13-9(3)7-8-11(15)16/h9-10H,5-8H2,1-4H3,(H,13,17)(H,15,16). The summed E-state index contributed by atoms with van der Waals surface area (Å²) in [6, 6.07) is -0.00586. The van der Waals surface area contributed by atoms with Gasteiger partial charge in [0.15, 0.2) is 0 Å². The van der Waals surface area contributed by atoms with Gasteiger partial charge >= 0.3 is 12.0 Å². The van der Waals surface area contributed by atoms with Crippen LogP contribution in [0.1, 0.15) is 46.5 Å². The molecule has 0 heterocycles. The molecular weight excluding hydrogens is 220 g/mol. The Morgan fingerprint density at radius 1 is 1.29 bits per heavy atom. The van der Waals surface area contributed by atoms with Crippen LogP contribution in [0.5, 0.6) is 0 Å². The molecule has 0 spiro atoms. The summed E-state index contributed by atoms with van der Waals surface area (Å²) in [6.07, 6.45) is 2.38. The van der Waals surface area contributed by atoms with Crippen LogP contribution in [0.2, 0.25) is 0 Å². The number of nitrogens with one attached hydrogen (secondary N) is 1. The Hall–Kier alpha value is -1.26. The molecule has 0 rings (SSSR count). The van der Waals surface area contributed by atoms with Gasteiger partial charge in [-0.3, -0.25) is 4.79 Å². The number of rotatable bonds is 7. The van der Waals surface area contributed by atoms with Crippen LogP contribution in [0.25, 0.3) is 0 Å². The summed E-state index contributed by atoms with van der Waals surface area (Å²) >= 11 is 0. The first-order chi connectivity index (χ1) is 7.92. The van der Waals surface area contributed by atoms with E-state index in [1.54, 1.807) is 11.9 Å². The van der Waals surface area contributed by atoms with E-state index in [-0.39, 0.29) is 24.5 Å². The van der Waals surface area contributed by atoms with Crippen molar-refractivity contribution in [3.63, 3.8) is 0 Å². The van der Waals surface area contributed by atoms with Crippen LogP contribution < -0.4 is 5.32 Å². The summed E-state index contributed by atoms with van der Waals surface area (Å²) in [5.41, 5.74) is 0. The number of carbonyl (C=O) groups is 2. The Labute approximate surface area is 103 Å². The fraction of sp³-hybridized carbons (Fsp3) is 0.833. The number of hydrogen-bond acceptors (Lipinski definition) is 2. The van der Waals surface area contributed by atoms with E-state index in [2.05, 4.69) is 5.32 Å². The highest BCUT2D eigenvalue weighted by Crippen LogP contribution is 2.07. The fourth-order valence-electron chi connectivity index (χ4n) is 1.73. The van der Waals surface area contributed by atoms with Gasteiger partial charge in [0.05, 0.1) is 0 Å². The third-order valence-corrected chi connectivity index (χ3v) is 2.97. The van der Waals surface area contributed by atoms with Crippen LogP contribution in [-0.4, -0.2) is 41.1 Å². The second kappa shape index (κ2) is 7.92. The van der Waals surface area contributed by atoms with E-state index in [0.717, 1.165) is 12.8 Å². The van der Waals surface area contributed by atoms with Gasteiger partial charge in [-0.1, -0.05) is 13.8 Å². The maximum absolute atomic E-state index is 11.8. The van der Waals surface area contributed by atoms with Gasteiger partial charge in [0.25, 0.3) is 0 Å². The van der Waals surface area contributed by atoms with E-state index >= 15 is 0 Å². The molecule has 2 N–H and O–H groups in total. The average molecular weight is 244 g/mol. The topological polar surface area (TPSA) is 69.6 Å². The maximum atomic E-state index is 11.8. The highest BCUT2D eigenvalue weighted by atomic mass is 16.4. The Balaban J connectivity index is 4.10. The smallest absolute Gasteiger partial charge is 0.317 e. The Kier molecular flexibility index (Phi) is 7.34. The quantitative estimate of drug-likeness (QED) is 0.720. The molecule has 0 saturated heterocycles. The van der Waals surface area contributed by atoms with Crippen molar-refractivity contribution in [2.24, 2.45) is 0 Å². The minimum absolute atomic E-state index is 0.0795. The van der Waals surface area contributed by atoms with Crippen molar-refractivity contribution in [1.82, 2.24) is 10.2 Å². The predicted molar refractivity (Wildman–Crippen MR) is 67.0 cm³/mol. The van der Waals surface area contributed by atoms with Gasteiger partial charge < -0.3 is 15.3 Å². The van der Waals surface area contributed by atoms with Crippen molar-refractivity contribution in [2.75, 3.05) is 7.05 Å². The van der Waals surface area contributed by atoms with Crippen molar-refractivity contribution in [2.45, 2.75) is 58.5 Å². The molecule has 1 atom stereocenters. The molecule has 0 bridgehead atoms. The predicted octanol–water partition coefficient (Wildman–Crippen LogP) is 2.07. The maximum Gasteiger partial charge on any atom is 0.317 e. The Bertz CT molecular complexity index is 252. The fourth-order valence-corrected chi connectivity index (χ4v) is 1.73. The average Bonchev–Trinajstić information content (AvgIpc) is 2.27. The summed E-state index contributed by atoms with van der Waals surface area (Å²) in [5, 5.41) is 11.4. The second-order valence-corrected chi connectivity index (χ2v) is 4.36. The van der Waals surface area contributed by atoms with Crippen LogP contribution in [-0.2, 0) is 4.79 Å². The minimum Gasteiger partial charge on any atom is -0.481 e. The van der Waals surface area contributed by atoms with E-state index in [1.165, 1.54) is 0 Å². The molecule has 5 heteroatoms. The molecule has 100 valence electrons. The first-order valence-electron chi connectivity index (χ1n) is 6.17. The third kappa shape index (κ3) is 6.14. The van der Waals surface area contributed by atoms with Crippen LogP contribution in [0.3, 0.4) is 0 Å². The molecule has 0 aliphatic carbocycles. The summed E-state index contributed by atoms with van der Waals surface area (Å²) in [5.74, 6) is -0.834.